The van der Waals surface area contributed by atoms with Crippen LogP contribution in [0.15, 0.2) is 18.2 Å². The van der Waals surface area contributed by atoms with E-state index in [2.05, 4.69) is 19.2 Å². The van der Waals surface area contributed by atoms with Crippen LogP contribution in [0.5, 0.6) is 0 Å². The number of hydrogen-bond donors (Lipinski definition) is 1. The average molecular weight is 297 g/mol. The molecule has 3 rings (SSSR count). The molecule has 1 aromatic rings. The van der Waals surface area contributed by atoms with Crippen LogP contribution < -0.4 is 5.32 Å². The van der Waals surface area contributed by atoms with Crippen molar-refractivity contribution in [2.75, 3.05) is 19.6 Å². The maximum atomic E-state index is 13.5. The van der Waals surface area contributed by atoms with Crippen molar-refractivity contribution < 1.29 is 9.18 Å². The zero-order valence-corrected chi connectivity index (χ0v) is 12.4. The van der Waals surface area contributed by atoms with Crippen molar-refractivity contribution in [1.29, 1.82) is 0 Å². The van der Waals surface area contributed by atoms with E-state index >= 15 is 0 Å². The van der Waals surface area contributed by atoms with Crippen LogP contribution in [0.25, 0.3) is 0 Å². The number of carbonyl (C=O) groups excluding carboxylic acids is 1. The number of amides is 1. The van der Waals surface area contributed by atoms with E-state index in [1.807, 2.05) is 4.90 Å². The summed E-state index contributed by atoms with van der Waals surface area (Å²) in [4.78, 5) is 14.6. The minimum atomic E-state index is -0.545. The maximum absolute atomic E-state index is 13.5. The van der Waals surface area contributed by atoms with Gasteiger partial charge in [0.1, 0.15) is 5.82 Å². The standard InChI is InChI=1S/C15H18ClFN2O/c1-15(2)11-7-18-6-9(11)8-19(15)14(20)10-4-3-5-12(17)13(10)16/h3-5,9,11,18H,6-8H2,1-2H3. The maximum Gasteiger partial charge on any atom is 0.255 e. The van der Waals surface area contributed by atoms with E-state index in [0.29, 0.717) is 18.4 Å². The monoisotopic (exact) mass is 296 g/mol. The summed E-state index contributed by atoms with van der Waals surface area (Å²) in [6, 6.07) is 4.39. The van der Waals surface area contributed by atoms with Crippen LogP contribution in [0.4, 0.5) is 4.39 Å². The average Bonchev–Trinajstić information content (AvgIpc) is 2.95. The minimum Gasteiger partial charge on any atom is -0.333 e. The van der Waals surface area contributed by atoms with Gasteiger partial charge < -0.3 is 10.2 Å². The van der Waals surface area contributed by atoms with Gasteiger partial charge in [0.2, 0.25) is 0 Å². The molecular formula is C15H18ClFN2O. The van der Waals surface area contributed by atoms with Crippen molar-refractivity contribution in [1.82, 2.24) is 10.2 Å². The SMILES string of the molecule is CC1(C)C2CNCC2CN1C(=O)c1cccc(F)c1Cl. The van der Waals surface area contributed by atoms with Crippen LogP contribution >= 0.6 is 11.6 Å². The number of halogens is 2. The lowest BCUT2D eigenvalue weighted by Gasteiger charge is -2.35. The second kappa shape index (κ2) is 4.71. The van der Waals surface area contributed by atoms with Crippen molar-refractivity contribution in [2.24, 2.45) is 11.8 Å². The van der Waals surface area contributed by atoms with Gasteiger partial charge >= 0.3 is 0 Å². The fraction of sp³-hybridized carbons (Fsp3) is 0.533. The first-order valence-corrected chi connectivity index (χ1v) is 7.27. The molecule has 1 aromatic carbocycles. The first-order valence-electron chi connectivity index (χ1n) is 6.89. The molecule has 2 unspecified atom stereocenters. The molecule has 2 saturated heterocycles. The van der Waals surface area contributed by atoms with Crippen LogP contribution in [-0.4, -0.2) is 36.0 Å². The van der Waals surface area contributed by atoms with Crippen LogP contribution in [0.2, 0.25) is 5.02 Å². The van der Waals surface area contributed by atoms with Crippen molar-refractivity contribution in [3.8, 4) is 0 Å². The summed E-state index contributed by atoms with van der Waals surface area (Å²) in [5, 5.41) is 3.30. The number of nitrogens with zero attached hydrogens (tertiary/aromatic N) is 1. The Morgan fingerprint density at radius 1 is 1.45 bits per heavy atom. The van der Waals surface area contributed by atoms with Gasteiger partial charge in [-0.2, -0.15) is 0 Å². The third kappa shape index (κ3) is 1.93. The van der Waals surface area contributed by atoms with Gasteiger partial charge in [0, 0.05) is 25.2 Å². The van der Waals surface area contributed by atoms with Crippen molar-refractivity contribution in [3.05, 3.63) is 34.6 Å². The zero-order chi connectivity index (χ0) is 14.5. The van der Waals surface area contributed by atoms with E-state index < -0.39 is 5.82 Å². The predicted molar refractivity (Wildman–Crippen MR) is 76.4 cm³/mol. The third-order valence-corrected chi connectivity index (χ3v) is 5.17. The Kier molecular flexibility index (Phi) is 3.26. The summed E-state index contributed by atoms with van der Waals surface area (Å²) in [6.07, 6.45) is 0. The van der Waals surface area contributed by atoms with Gasteiger partial charge in [0.05, 0.1) is 10.6 Å². The van der Waals surface area contributed by atoms with E-state index in [0.717, 1.165) is 13.1 Å². The van der Waals surface area contributed by atoms with Gasteiger partial charge in [-0.25, -0.2) is 4.39 Å². The molecule has 108 valence electrons. The summed E-state index contributed by atoms with van der Waals surface area (Å²) in [7, 11) is 0. The van der Waals surface area contributed by atoms with E-state index in [-0.39, 0.29) is 22.0 Å². The predicted octanol–water partition coefficient (Wildman–Crippen LogP) is 2.55. The van der Waals surface area contributed by atoms with Crippen molar-refractivity contribution in [3.63, 3.8) is 0 Å². The molecule has 0 aromatic heterocycles. The van der Waals surface area contributed by atoms with Gasteiger partial charge in [0.25, 0.3) is 5.91 Å². The molecule has 2 aliphatic heterocycles. The molecule has 5 heteroatoms. The van der Waals surface area contributed by atoms with Crippen molar-refractivity contribution >= 4 is 17.5 Å². The van der Waals surface area contributed by atoms with E-state index in [1.54, 1.807) is 6.07 Å². The van der Waals surface area contributed by atoms with Gasteiger partial charge in [-0.05, 0) is 37.8 Å². The molecule has 0 bridgehead atoms. The van der Waals surface area contributed by atoms with Crippen LogP contribution in [0.3, 0.4) is 0 Å². The smallest absolute Gasteiger partial charge is 0.255 e. The van der Waals surface area contributed by atoms with Gasteiger partial charge in [-0.1, -0.05) is 17.7 Å². The fourth-order valence-corrected chi connectivity index (χ4v) is 3.79. The molecule has 2 atom stereocenters. The molecule has 0 spiro atoms. The van der Waals surface area contributed by atoms with Crippen LogP contribution in [-0.2, 0) is 0 Å². The molecule has 0 radical (unpaired) electrons. The number of likely N-dealkylation sites (tertiary alicyclic amines) is 1. The second-order valence-corrected chi connectivity index (χ2v) is 6.57. The van der Waals surface area contributed by atoms with E-state index in [9.17, 15) is 9.18 Å². The lowest BCUT2D eigenvalue weighted by molar-refractivity contribution is 0.0603. The summed E-state index contributed by atoms with van der Waals surface area (Å²) in [5.74, 6) is 0.199. The normalized spacial score (nSPS) is 27.7. The highest BCUT2D eigenvalue weighted by Gasteiger charge is 2.51. The van der Waals surface area contributed by atoms with Crippen LogP contribution in [0, 0.1) is 17.7 Å². The molecule has 2 aliphatic rings. The Labute approximate surface area is 123 Å². The lowest BCUT2D eigenvalue weighted by atomic mass is 9.84. The second-order valence-electron chi connectivity index (χ2n) is 6.20. The van der Waals surface area contributed by atoms with E-state index in [1.165, 1.54) is 12.1 Å². The van der Waals surface area contributed by atoms with E-state index in [4.69, 9.17) is 11.6 Å². The number of hydrogen-bond acceptors (Lipinski definition) is 2. The topological polar surface area (TPSA) is 32.3 Å². The Balaban J connectivity index is 1.93. The zero-order valence-electron chi connectivity index (χ0n) is 11.6. The first kappa shape index (κ1) is 13.8. The Morgan fingerprint density at radius 2 is 2.20 bits per heavy atom. The highest BCUT2D eigenvalue weighted by atomic mass is 35.5. The third-order valence-electron chi connectivity index (χ3n) is 4.79. The van der Waals surface area contributed by atoms with Crippen LogP contribution in [0.1, 0.15) is 24.2 Å². The lowest BCUT2D eigenvalue weighted by Crippen LogP contribution is -2.47. The highest BCUT2D eigenvalue weighted by molar-refractivity contribution is 6.34. The summed E-state index contributed by atoms with van der Waals surface area (Å²) in [5.41, 5.74) is 0.0219. The van der Waals surface area contributed by atoms with Gasteiger partial charge in [0.15, 0.2) is 0 Å². The molecule has 20 heavy (non-hydrogen) atoms. The first-order chi connectivity index (χ1) is 9.43. The Hall–Kier alpha value is -1.13. The highest BCUT2D eigenvalue weighted by Crippen LogP contribution is 2.41. The quantitative estimate of drug-likeness (QED) is 0.864. The van der Waals surface area contributed by atoms with Crippen molar-refractivity contribution in [2.45, 2.75) is 19.4 Å². The number of rotatable bonds is 1. The Morgan fingerprint density at radius 3 is 2.90 bits per heavy atom. The number of fused-ring (bicyclic) bond motifs is 1. The number of carbonyl (C=O) groups is 1. The summed E-state index contributed by atoms with van der Waals surface area (Å²) >= 11 is 5.95. The molecule has 2 fully saturated rings. The number of nitrogens with one attached hydrogen (secondary N) is 1. The molecule has 1 amide bonds. The molecular weight excluding hydrogens is 279 g/mol. The molecule has 1 N–H and O–H groups in total. The van der Waals surface area contributed by atoms with Gasteiger partial charge in [-0.3, -0.25) is 4.79 Å². The number of benzene rings is 1. The summed E-state index contributed by atoms with van der Waals surface area (Å²) < 4.78 is 13.5. The Bertz CT molecular complexity index is 561. The molecule has 3 nitrogen and oxygen atoms in total. The molecule has 0 saturated carbocycles. The largest absolute Gasteiger partial charge is 0.333 e. The molecule has 2 heterocycles. The minimum absolute atomic E-state index is 0.0801. The van der Waals surface area contributed by atoms with Gasteiger partial charge in [-0.15, -0.1) is 0 Å². The summed E-state index contributed by atoms with van der Waals surface area (Å²) in [6.45, 7) is 6.73. The fourth-order valence-electron chi connectivity index (χ4n) is 3.58. The molecule has 0 aliphatic carbocycles.